The van der Waals surface area contributed by atoms with Crippen molar-refractivity contribution in [3.05, 3.63) is 58.7 Å². The van der Waals surface area contributed by atoms with Crippen LogP contribution in [0, 0.1) is 0 Å². The predicted molar refractivity (Wildman–Crippen MR) is 88.3 cm³/mol. The van der Waals surface area contributed by atoms with Crippen LogP contribution in [0.2, 0.25) is 0 Å². The second-order valence-corrected chi connectivity index (χ2v) is 6.27. The highest BCUT2D eigenvalue weighted by molar-refractivity contribution is 6.05. The van der Waals surface area contributed by atoms with Crippen molar-refractivity contribution in [3.8, 4) is 0 Å². The van der Waals surface area contributed by atoms with E-state index < -0.39 is 11.5 Å². The molecule has 0 fully saturated rings. The summed E-state index contributed by atoms with van der Waals surface area (Å²) < 4.78 is 4.93. The second-order valence-electron chi connectivity index (χ2n) is 6.27. The highest BCUT2D eigenvalue weighted by atomic mass is 16.5. The van der Waals surface area contributed by atoms with E-state index in [1.54, 1.807) is 44.2 Å². The third-order valence-corrected chi connectivity index (χ3v) is 4.81. The van der Waals surface area contributed by atoms with E-state index in [9.17, 15) is 14.4 Å². The highest BCUT2D eigenvalue weighted by Crippen LogP contribution is 2.38. The monoisotopic (exact) mass is 325 g/mol. The van der Waals surface area contributed by atoms with Gasteiger partial charge in [-0.25, -0.2) is 4.79 Å². The van der Waals surface area contributed by atoms with Crippen LogP contribution in [-0.2, 0) is 14.3 Å². The molecule has 0 saturated carbocycles. The quantitative estimate of drug-likeness (QED) is 0.783. The van der Waals surface area contributed by atoms with Crippen LogP contribution in [0.1, 0.15) is 30.6 Å². The maximum atomic E-state index is 13.0. The molecule has 2 aliphatic rings. The van der Waals surface area contributed by atoms with E-state index in [0.29, 0.717) is 11.1 Å². The first kappa shape index (κ1) is 16.2. The van der Waals surface area contributed by atoms with E-state index in [4.69, 9.17) is 4.74 Å². The number of benzene rings is 1. The molecule has 1 aromatic rings. The lowest BCUT2D eigenvalue weighted by Crippen LogP contribution is -2.57. The molecule has 0 bridgehead atoms. The smallest absolute Gasteiger partial charge is 0.335 e. The topological polar surface area (TPSA) is 63.7 Å². The first-order valence-electron chi connectivity index (χ1n) is 7.79. The van der Waals surface area contributed by atoms with Crippen molar-refractivity contribution in [1.29, 1.82) is 0 Å². The molecule has 0 aromatic heterocycles. The Morgan fingerprint density at radius 2 is 1.88 bits per heavy atom. The fourth-order valence-corrected chi connectivity index (χ4v) is 3.31. The molecule has 1 unspecified atom stereocenters. The standard InChI is InChI=1S/C19H19NO4/c1-12-15-11-20(17(22)13-7-5-4-6-8-13)19(2,18(23)24-3)10-14(15)9-16(12)21/h4-8,10H,9,11H2,1-3H3. The molecule has 0 saturated heterocycles. The lowest BCUT2D eigenvalue weighted by atomic mass is 9.87. The molecule has 1 aliphatic heterocycles. The summed E-state index contributed by atoms with van der Waals surface area (Å²) in [6.45, 7) is 3.65. The van der Waals surface area contributed by atoms with Gasteiger partial charge >= 0.3 is 5.97 Å². The maximum absolute atomic E-state index is 13.0. The highest BCUT2D eigenvalue weighted by Gasteiger charge is 2.47. The normalized spacial score (nSPS) is 23.0. The second kappa shape index (κ2) is 5.74. The van der Waals surface area contributed by atoms with Crippen LogP contribution < -0.4 is 0 Å². The molecule has 1 aromatic carbocycles. The fourth-order valence-electron chi connectivity index (χ4n) is 3.31. The molecule has 1 aliphatic carbocycles. The van der Waals surface area contributed by atoms with E-state index in [1.807, 2.05) is 6.07 Å². The Labute approximate surface area is 140 Å². The van der Waals surface area contributed by atoms with Gasteiger partial charge < -0.3 is 9.64 Å². The largest absolute Gasteiger partial charge is 0.467 e. The summed E-state index contributed by atoms with van der Waals surface area (Å²) in [7, 11) is 1.30. The third kappa shape index (κ3) is 2.37. The summed E-state index contributed by atoms with van der Waals surface area (Å²) in [6.07, 6.45) is 1.98. The van der Waals surface area contributed by atoms with E-state index in [0.717, 1.165) is 11.1 Å². The fraction of sp³-hybridized carbons (Fsp3) is 0.316. The van der Waals surface area contributed by atoms with E-state index in [-0.39, 0.29) is 24.7 Å². The van der Waals surface area contributed by atoms with Gasteiger partial charge in [0.05, 0.1) is 7.11 Å². The van der Waals surface area contributed by atoms with Gasteiger partial charge in [0.1, 0.15) is 0 Å². The number of allylic oxidation sites excluding steroid dienone is 1. The summed E-state index contributed by atoms with van der Waals surface area (Å²) in [5.74, 6) is -0.744. The first-order valence-corrected chi connectivity index (χ1v) is 7.79. The Hall–Kier alpha value is -2.69. The molecule has 1 atom stereocenters. The van der Waals surface area contributed by atoms with Crippen molar-refractivity contribution in [2.24, 2.45) is 0 Å². The van der Waals surface area contributed by atoms with Crippen LogP contribution in [0.3, 0.4) is 0 Å². The minimum absolute atomic E-state index is 0.0393. The van der Waals surface area contributed by atoms with Crippen molar-refractivity contribution >= 4 is 17.7 Å². The number of carbonyl (C=O) groups excluding carboxylic acids is 3. The van der Waals surface area contributed by atoms with Gasteiger partial charge in [0.25, 0.3) is 5.91 Å². The van der Waals surface area contributed by atoms with Gasteiger partial charge in [0.15, 0.2) is 11.3 Å². The van der Waals surface area contributed by atoms with Gasteiger partial charge in [-0.3, -0.25) is 9.59 Å². The Morgan fingerprint density at radius 3 is 2.50 bits per heavy atom. The number of fused-ring (bicyclic) bond motifs is 1. The van der Waals surface area contributed by atoms with Crippen molar-refractivity contribution in [1.82, 2.24) is 4.90 Å². The summed E-state index contributed by atoms with van der Waals surface area (Å²) in [6, 6.07) is 8.79. The van der Waals surface area contributed by atoms with Crippen LogP contribution in [0.25, 0.3) is 0 Å². The molecule has 0 spiro atoms. The number of hydrogen-bond donors (Lipinski definition) is 0. The van der Waals surface area contributed by atoms with Crippen molar-refractivity contribution < 1.29 is 19.1 Å². The Balaban J connectivity index is 2.11. The van der Waals surface area contributed by atoms with E-state index in [2.05, 4.69) is 0 Å². The molecule has 124 valence electrons. The van der Waals surface area contributed by atoms with Crippen LogP contribution in [-0.4, -0.2) is 41.8 Å². The first-order chi connectivity index (χ1) is 11.4. The molecule has 1 amide bonds. The number of nitrogens with zero attached hydrogens (tertiary/aromatic N) is 1. The zero-order valence-corrected chi connectivity index (χ0v) is 14.0. The minimum Gasteiger partial charge on any atom is -0.467 e. The van der Waals surface area contributed by atoms with Crippen LogP contribution in [0.4, 0.5) is 0 Å². The number of methoxy groups -OCH3 is 1. The molecule has 3 rings (SSSR count). The Bertz CT molecular complexity index is 791. The number of Topliss-reactive ketones (excluding diaryl/α,β-unsaturated/α-hetero) is 1. The number of ketones is 1. The summed E-state index contributed by atoms with van der Waals surface area (Å²) in [5.41, 5.74) is 1.59. The van der Waals surface area contributed by atoms with Crippen LogP contribution in [0.15, 0.2) is 53.1 Å². The summed E-state index contributed by atoms with van der Waals surface area (Å²) >= 11 is 0. The zero-order valence-electron chi connectivity index (χ0n) is 14.0. The molecule has 0 N–H and O–H groups in total. The average Bonchev–Trinajstić information content (AvgIpc) is 2.86. The van der Waals surface area contributed by atoms with Gasteiger partial charge in [-0.05, 0) is 48.8 Å². The number of esters is 1. The van der Waals surface area contributed by atoms with Crippen molar-refractivity contribution in [3.63, 3.8) is 0 Å². The van der Waals surface area contributed by atoms with E-state index >= 15 is 0 Å². The predicted octanol–water partition coefficient (Wildman–Crippen LogP) is 2.29. The molecule has 5 nitrogen and oxygen atoms in total. The Kier molecular flexibility index (Phi) is 3.87. The van der Waals surface area contributed by atoms with Gasteiger partial charge in [0, 0.05) is 18.5 Å². The Morgan fingerprint density at radius 1 is 1.21 bits per heavy atom. The number of hydrogen-bond acceptors (Lipinski definition) is 4. The molecular formula is C19H19NO4. The number of amides is 1. The summed E-state index contributed by atoms with van der Waals surface area (Å²) in [5, 5.41) is 0. The molecule has 1 heterocycles. The number of rotatable bonds is 2. The van der Waals surface area contributed by atoms with Gasteiger partial charge in [0.2, 0.25) is 0 Å². The average molecular weight is 325 g/mol. The van der Waals surface area contributed by atoms with Gasteiger partial charge in [-0.2, -0.15) is 0 Å². The maximum Gasteiger partial charge on any atom is 0.335 e. The minimum atomic E-state index is -1.23. The van der Waals surface area contributed by atoms with Gasteiger partial charge in [-0.15, -0.1) is 0 Å². The molecular weight excluding hydrogens is 306 g/mol. The zero-order chi connectivity index (χ0) is 17.5. The summed E-state index contributed by atoms with van der Waals surface area (Å²) in [4.78, 5) is 38.9. The lowest BCUT2D eigenvalue weighted by molar-refractivity contribution is -0.149. The SMILES string of the molecule is COC(=O)C1(C)C=C2CC(=O)C(C)=C2CN1C(=O)c1ccccc1. The third-order valence-electron chi connectivity index (χ3n) is 4.81. The lowest BCUT2D eigenvalue weighted by Gasteiger charge is -2.41. The number of ether oxygens (including phenoxy) is 1. The molecule has 0 radical (unpaired) electrons. The van der Waals surface area contributed by atoms with Crippen molar-refractivity contribution in [2.75, 3.05) is 13.7 Å². The van der Waals surface area contributed by atoms with E-state index in [1.165, 1.54) is 12.0 Å². The van der Waals surface area contributed by atoms with Crippen LogP contribution >= 0.6 is 0 Å². The molecule has 24 heavy (non-hydrogen) atoms. The van der Waals surface area contributed by atoms with Crippen molar-refractivity contribution in [2.45, 2.75) is 25.8 Å². The number of carbonyl (C=O) groups is 3. The molecule has 5 heteroatoms. The van der Waals surface area contributed by atoms with Crippen LogP contribution in [0.5, 0.6) is 0 Å². The van der Waals surface area contributed by atoms with Gasteiger partial charge in [-0.1, -0.05) is 18.2 Å².